The fourth-order valence-electron chi connectivity index (χ4n) is 4.58. The van der Waals surface area contributed by atoms with E-state index in [0.717, 1.165) is 28.6 Å². The number of carbonyl (C=O) groups is 2. The van der Waals surface area contributed by atoms with Gasteiger partial charge in [0, 0.05) is 12.1 Å². The van der Waals surface area contributed by atoms with Crippen molar-refractivity contribution in [2.75, 3.05) is 40.9 Å². The second kappa shape index (κ2) is 10.8. The first kappa shape index (κ1) is 25.3. The molecule has 3 aromatic carbocycles. The summed E-state index contributed by atoms with van der Waals surface area (Å²) in [5.74, 6) is -0.0139. The zero-order valence-electron chi connectivity index (χ0n) is 21.2. The summed E-state index contributed by atoms with van der Waals surface area (Å²) in [7, 11) is 5.54. The molecule has 1 saturated heterocycles. The molecule has 1 unspecified atom stereocenters. The fourth-order valence-corrected chi connectivity index (χ4v) is 4.58. The maximum Gasteiger partial charge on any atom is 0.295 e. The smallest absolute Gasteiger partial charge is 0.295 e. The van der Waals surface area contributed by atoms with Gasteiger partial charge in [0.15, 0.2) is 0 Å². The molecule has 188 valence electrons. The van der Waals surface area contributed by atoms with Crippen molar-refractivity contribution in [1.29, 1.82) is 0 Å². The van der Waals surface area contributed by atoms with Gasteiger partial charge < -0.3 is 24.4 Å². The van der Waals surface area contributed by atoms with E-state index >= 15 is 0 Å². The number of hydrogen-bond acceptors (Lipinski definition) is 6. The third kappa shape index (κ3) is 5.06. The zero-order chi connectivity index (χ0) is 25.8. The Hall–Kier alpha value is -3.84. The molecule has 1 atom stereocenters. The highest BCUT2D eigenvalue weighted by Crippen LogP contribution is 2.40. The van der Waals surface area contributed by atoms with Crippen LogP contribution in [-0.4, -0.2) is 67.5 Å². The predicted molar refractivity (Wildman–Crippen MR) is 140 cm³/mol. The molecule has 1 N–H and O–H groups in total. The summed E-state index contributed by atoms with van der Waals surface area (Å²) < 4.78 is 10.9. The Kier molecular flexibility index (Phi) is 7.60. The molecule has 0 aromatic heterocycles. The average Bonchev–Trinajstić information content (AvgIpc) is 3.13. The van der Waals surface area contributed by atoms with E-state index in [4.69, 9.17) is 9.47 Å². The van der Waals surface area contributed by atoms with Crippen molar-refractivity contribution in [2.24, 2.45) is 0 Å². The number of amides is 1. The lowest BCUT2D eigenvalue weighted by atomic mass is 9.94. The number of carbonyl (C=O) groups excluding carboxylic acids is 2. The molecule has 1 amide bonds. The summed E-state index contributed by atoms with van der Waals surface area (Å²) in [6.45, 7) is 3.62. The number of nitrogens with zero attached hydrogens (tertiary/aromatic N) is 2. The first-order valence-corrected chi connectivity index (χ1v) is 12.1. The number of benzene rings is 3. The van der Waals surface area contributed by atoms with Gasteiger partial charge in [-0.05, 0) is 80.7 Å². The summed E-state index contributed by atoms with van der Waals surface area (Å²) in [6, 6.07) is 17.7. The Morgan fingerprint density at radius 3 is 2.31 bits per heavy atom. The van der Waals surface area contributed by atoms with Gasteiger partial charge >= 0.3 is 0 Å². The van der Waals surface area contributed by atoms with Gasteiger partial charge in [-0.3, -0.25) is 9.59 Å². The van der Waals surface area contributed by atoms with Crippen molar-refractivity contribution in [3.8, 4) is 11.5 Å². The number of Topliss-reactive ketones (excluding diaryl/α,β-unsaturated/α-hetero) is 1. The second-order valence-electron chi connectivity index (χ2n) is 9.08. The van der Waals surface area contributed by atoms with Gasteiger partial charge in [0.1, 0.15) is 17.3 Å². The zero-order valence-corrected chi connectivity index (χ0v) is 21.2. The summed E-state index contributed by atoms with van der Waals surface area (Å²) in [4.78, 5) is 30.0. The normalized spacial score (nSPS) is 17.2. The Morgan fingerprint density at radius 2 is 1.64 bits per heavy atom. The van der Waals surface area contributed by atoms with Crippen LogP contribution in [0.25, 0.3) is 16.5 Å². The van der Waals surface area contributed by atoms with Crippen LogP contribution in [0.1, 0.15) is 30.5 Å². The highest BCUT2D eigenvalue weighted by Gasteiger charge is 2.45. The number of aliphatic hydroxyl groups excluding tert-OH is 1. The van der Waals surface area contributed by atoms with Crippen molar-refractivity contribution in [2.45, 2.75) is 19.4 Å². The minimum absolute atomic E-state index is 0.0990. The Morgan fingerprint density at radius 1 is 0.972 bits per heavy atom. The van der Waals surface area contributed by atoms with Crippen molar-refractivity contribution < 1.29 is 24.2 Å². The summed E-state index contributed by atoms with van der Waals surface area (Å²) in [6.07, 6.45) is 0.700. The Labute approximate surface area is 211 Å². The van der Waals surface area contributed by atoms with Gasteiger partial charge in [0.2, 0.25) is 0 Å². The van der Waals surface area contributed by atoms with Crippen LogP contribution in [0.2, 0.25) is 0 Å². The van der Waals surface area contributed by atoms with E-state index in [0.29, 0.717) is 30.9 Å². The molecule has 0 aliphatic carbocycles. The van der Waals surface area contributed by atoms with Crippen molar-refractivity contribution >= 4 is 28.2 Å². The molecule has 4 rings (SSSR count). The molecule has 1 aliphatic rings. The molecule has 36 heavy (non-hydrogen) atoms. The van der Waals surface area contributed by atoms with E-state index < -0.39 is 17.7 Å². The van der Waals surface area contributed by atoms with Gasteiger partial charge in [-0.15, -0.1) is 0 Å². The molecule has 0 saturated carbocycles. The maximum absolute atomic E-state index is 13.3. The summed E-state index contributed by atoms with van der Waals surface area (Å²) in [5, 5.41) is 13.2. The van der Waals surface area contributed by atoms with E-state index in [1.807, 2.05) is 80.5 Å². The lowest BCUT2D eigenvalue weighted by molar-refractivity contribution is -0.139. The van der Waals surface area contributed by atoms with Gasteiger partial charge in [0.05, 0.1) is 25.3 Å². The van der Waals surface area contributed by atoms with Crippen LogP contribution in [0.15, 0.2) is 66.2 Å². The third-order valence-electron chi connectivity index (χ3n) is 6.37. The maximum atomic E-state index is 13.3. The van der Waals surface area contributed by atoms with Crippen molar-refractivity contribution in [3.05, 3.63) is 77.4 Å². The van der Waals surface area contributed by atoms with Crippen LogP contribution >= 0.6 is 0 Å². The van der Waals surface area contributed by atoms with E-state index in [1.54, 1.807) is 18.1 Å². The van der Waals surface area contributed by atoms with E-state index in [1.165, 1.54) is 0 Å². The molecular formula is C29H32N2O5. The van der Waals surface area contributed by atoms with Gasteiger partial charge in [-0.25, -0.2) is 0 Å². The van der Waals surface area contributed by atoms with Crippen LogP contribution in [-0.2, 0) is 9.59 Å². The lowest BCUT2D eigenvalue weighted by Gasteiger charge is -2.26. The van der Waals surface area contributed by atoms with Crippen LogP contribution in [0, 0.1) is 0 Å². The summed E-state index contributed by atoms with van der Waals surface area (Å²) in [5.41, 5.74) is 1.33. The van der Waals surface area contributed by atoms with Crippen LogP contribution < -0.4 is 9.47 Å². The minimum atomic E-state index is -0.686. The predicted octanol–water partition coefficient (Wildman–Crippen LogP) is 4.62. The number of hydrogen-bond donors (Lipinski definition) is 1. The van der Waals surface area contributed by atoms with Crippen LogP contribution in [0.3, 0.4) is 0 Å². The first-order chi connectivity index (χ1) is 17.3. The van der Waals surface area contributed by atoms with Crippen LogP contribution in [0.4, 0.5) is 0 Å². The number of likely N-dealkylation sites (tertiary alicyclic amines) is 1. The molecule has 3 aromatic rings. The van der Waals surface area contributed by atoms with E-state index in [2.05, 4.69) is 0 Å². The molecular weight excluding hydrogens is 456 g/mol. The van der Waals surface area contributed by atoms with Gasteiger partial charge in [0.25, 0.3) is 11.7 Å². The molecule has 1 fully saturated rings. The Balaban J connectivity index is 1.79. The monoisotopic (exact) mass is 488 g/mol. The molecule has 7 heteroatoms. The highest BCUT2D eigenvalue weighted by atomic mass is 16.5. The molecule has 0 radical (unpaired) electrons. The number of methoxy groups -OCH3 is 1. The first-order valence-electron chi connectivity index (χ1n) is 12.1. The van der Waals surface area contributed by atoms with E-state index in [-0.39, 0.29) is 11.3 Å². The van der Waals surface area contributed by atoms with Gasteiger partial charge in [-0.2, -0.15) is 0 Å². The summed E-state index contributed by atoms with van der Waals surface area (Å²) >= 11 is 0. The van der Waals surface area contributed by atoms with Crippen molar-refractivity contribution in [1.82, 2.24) is 9.80 Å². The largest absolute Gasteiger partial charge is 0.507 e. The SMILES string of the molecule is CCOc1ccc(C2/C(=C(\O)c3ccc4cc(OC)ccc4c3)C(=O)C(=O)N2CCCN(C)C)cc1. The van der Waals surface area contributed by atoms with Crippen LogP contribution in [0.5, 0.6) is 11.5 Å². The quantitative estimate of drug-likeness (QED) is 0.269. The number of fused-ring (bicyclic) bond motifs is 1. The van der Waals surface area contributed by atoms with E-state index in [9.17, 15) is 14.7 Å². The molecule has 1 heterocycles. The highest BCUT2D eigenvalue weighted by molar-refractivity contribution is 6.46. The minimum Gasteiger partial charge on any atom is -0.507 e. The van der Waals surface area contributed by atoms with Gasteiger partial charge in [-0.1, -0.05) is 30.3 Å². The molecule has 1 aliphatic heterocycles. The number of aliphatic hydroxyl groups is 1. The number of ketones is 1. The third-order valence-corrected chi connectivity index (χ3v) is 6.37. The average molecular weight is 489 g/mol. The standard InChI is InChI=1S/C29H32N2O5/c1-5-36-23-12-9-19(10-13-23)26-25(28(33)29(34)31(26)16-6-15-30(2)3)27(32)22-8-7-21-18-24(35-4)14-11-20(21)17-22/h7-14,17-18,26,32H,5-6,15-16H2,1-4H3/b27-25+. The molecule has 0 spiro atoms. The second-order valence-corrected chi connectivity index (χ2v) is 9.08. The number of rotatable bonds is 9. The molecule has 0 bridgehead atoms. The Bertz CT molecular complexity index is 1300. The lowest BCUT2D eigenvalue weighted by Crippen LogP contribution is -2.32. The van der Waals surface area contributed by atoms with Crippen molar-refractivity contribution in [3.63, 3.8) is 0 Å². The topological polar surface area (TPSA) is 79.3 Å². The number of ether oxygens (including phenoxy) is 2. The molecule has 7 nitrogen and oxygen atoms in total. The fraction of sp³-hybridized carbons (Fsp3) is 0.310.